The molecular formula is C13H26N2. The molecule has 2 rings (SSSR count). The molecule has 2 fully saturated rings. The average molecular weight is 210 g/mol. The largest absolute Gasteiger partial charge is 0.315 e. The molecule has 2 nitrogen and oxygen atoms in total. The maximum atomic E-state index is 3.74. The highest BCUT2D eigenvalue weighted by Gasteiger charge is 2.32. The fourth-order valence-corrected chi connectivity index (χ4v) is 3.09. The molecule has 2 N–H and O–H groups in total. The van der Waals surface area contributed by atoms with E-state index in [0.717, 1.165) is 12.0 Å². The van der Waals surface area contributed by atoms with Crippen LogP contribution in [0.1, 0.15) is 46.0 Å². The van der Waals surface area contributed by atoms with Gasteiger partial charge in [-0.15, -0.1) is 0 Å². The van der Waals surface area contributed by atoms with E-state index in [2.05, 4.69) is 24.5 Å². The second kappa shape index (κ2) is 4.84. The van der Waals surface area contributed by atoms with Gasteiger partial charge in [0, 0.05) is 19.1 Å². The molecule has 0 aromatic heterocycles. The molecule has 1 unspecified atom stereocenters. The first-order valence-corrected chi connectivity index (χ1v) is 6.62. The predicted molar refractivity (Wildman–Crippen MR) is 65.0 cm³/mol. The molecule has 2 aliphatic rings. The van der Waals surface area contributed by atoms with Crippen LogP contribution in [0.4, 0.5) is 0 Å². The van der Waals surface area contributed by atoms with Gasteiger partial charge in [0.25, 0.3) is 0 Å². The standard InChI is InChI=1S/C13H26N2/c1-13(2,11-5-3-4-6-11)10-15-12-7-8-14-9-12/h11-12,14-15H,3-10H2,1-2H3. The van der Waals surface area contributed by atoms with E-state index < -0.39 is 0 Å². The molecule has 1 atom stereocenters. The highest BCUT2D eigenvalue weighted by atomic mass is 15.0. The Bertz CT molecular complexity index is 189. The van der Waals surface area contributed by atoms with Crippen LogP contribution < -0.4 is 10.6 Å². The normalized spacial score (nSPS) is 28.8. The first-order chi connectivity index (χ1) is 7.18. The third kappa shape index (κ3) is 2.94. The summed E-state index contributed by atoms with van der Waals surface area (Å²) in [5.41, 5.74) is 0.499. The van der Waals surface area contributed by atoms with Gasteiger partial charge < -0.3 is 10.6 Å². The van der Waals surface area contributed by atoms with Gasteiger partial charge in [0.05, 0.1) is 0 Å². The number of hydrogen-bond donors (Lipinski definition) is 2. The van der Waals surface area contributed by atoms with Gasteiger partial charge in [0.2, 0.25) is 0 Å². The predicted octanol–water partition coefficient (Wildman–Crippen LogP) is 2.15. The van der Waals surface area contributed by atoms with Crippen molar-refractivity contribution in [2.45, 2.75) is 52.0 Å². The summed E-state index contributed by atoms with van der Waals surface area (Å²) in [6.07, 6.45) is 7.13. The van der Waals surface area contributed by atoms with Crippen LogP contribution in [-0.4, -0.2) is 25.7 Å². The second-order valence-electron chi connectivity index (χ2n) is 6.04. The lowest BCUT2D eigenvalue weighted by molar-refractivity contribution is 0.201. The van der Waals surface area contributed by atoms with Crippen molar-refractivity contribution < 1.29 is 0 Å². The average Bonchev–Trinajstić information content (AvgIpc) is 2.88. The van der Waals surface area contributed by atoms with E-state index in [9.17, 15) is 0 Å². The van der Waals surface area contributed by atoms with Gasteiger partial charge in [-0.05, 0) is 37.1 Å². The van der Waals surface area contributed by atoms with Gasteiger partial charge in [-0.2, -0.15) is 0 Å². The molecule has 1 heterocycles. The lowest BCUT2D eigenvalue weighted by Crippen LogP contribution is -2.41. The maximum absolute atomic E-state index is 3.74. The van der Waals surface area contributed by atoms with Crippen LogP contribution in [0.3, 0.4) is 0 Å². The van der Waals surface area contributed by atoms with Crippen molar-refractivity contribution in [2.75, 3.05) is 19.6 Å². The lowest BCUT2D eigenvalue weighted by atomic mass is 9.77. The van der Waals surface area contributed by atoms with Crippen LogP contribution in [0, 0.1) is 11.3 Å². The monoisotopic (exact) mass is 210 g/mol. The summed E-state index contributed by atoms with van der Waals surface area (Å²) in [5.74, 6) is 0.958. The van der Waals surface area contributed by atoms with Crippen LogP contribution in [0.2, 0.25) is 0 Å². The van der Waals surface area contributed by atoms with E-state index >= 15 is 0 Å². The molecule has 0 amide bonds. The Labute approximate surface area is 94.2 Å². The molecule has 15 heavy (non-hydrogen) atoms. The fraction of sp³-hybridized carbons (Fsp3) is 1.00. The fourth-order valence-electron chi connectivity index (χ4n) is 3.09. The van der Waals surface area contributed by atoms with Crippen LogP contribution in [0.5, 0.6) is 0 Å². The first-order valence-electron chi connectivity index (χ1n) is 6.62. The van der Waals surface area contributed by atoms with E-state index in [0.29, 0.717) is 5.41 Å². The van der Waals surface area contributed by atoms with Crippen molar-refractivity contribution in [2.24, 2.45) is 11.3 Å². The minimum Gasteiger partial charge on any atom is -0.315 e. The molecule has 1 aliphatic heterocycles. The highest BCUT2D eigenvalue weighted by molar-refractivity contribution is 4.86. The number of hydrogen-bond acceptors (Lipinski definition) is 2. The third-order valence-corrected chi connectivity index (χ3v) is 4.37. The molecule has 1 saturated heterocycles. The lowest BCUT2D eigenvalue weighted by Gasteiger charge is -2.33. The SMILES string of the molecule is CC(C)(CNC1CCNC1)C1CCCC1. The zero-order valence-electron chi connectivity index (χ0n) is 10.3. The van der Waals surface area contributed by atoms with Crippen LogP contribution in [-0.2, 0) is 0 Å². The third-order valence-electron chi connectivity index (χ3n) is 4.37. The molecule has 2 heteroatoms. The number of rotatable bonds is 4. The molecule has 88 valence electrons. The summed E-state index contributed by atoms with van der Waals surface area (Å²) in [6, 6.07) is 0.727. The van der Waals surface area contributed by atoms with E-state index in [1.54, 1.807) is 0 Å². The minimum absolute atomic E-state index is 0.499. The van der Waals surface area contributed by atoms with Crippen molar-refractivity contribution >= 4 is 0 Å². The van der Waals surface area contributed by atoms with Crippen molar-refractivity contribution in [1.29, 1.82) is 0 Å². The summed E-state index contributed by atoms with van der Waals surface area (Å²) in [6.45, 7) is 8.45. The van der Waals surface area contributed by atoms with Crippen LogP contribution in [0.25, 0.3) is 0 Å². The van der Waals surface area contributed by atoms with Gasteiger partial charge >= 0.3 is 0 Å². The van der Waals surface area contributed by atoms with E-state index in [1.165, 1.54) is 51.7 Å². The molecule has 0 spiro atoms. The summed E-state index contributed by atoms with van der Waals surface area (Å²) in [7, 11) is 0. The van der Waals surface area contributed by atoms with Crippen molar-refractivity contribution in [1.82, 2.24) is 10.6 Å². The smallest absolute Gasteiger partial charge is 0.0204 e. The Kier molecular flexibility index (Phi) is 3.68. The Hall–Kier alpha value is -0.0800. The van der Waals surface area contributed by atoms with Gasteiger partial charge in [0.15, 0.2) is 0 Å². The number of nitrogens with one attached hydrogen (secondary N) is 2. The van der Waals surface area contributed by atoms with Gasteiger partial charge in [0.1, 0.15) is 0 Å². The Morgan fingerprint density at radius 1 is 1.20 bits per heavy atom. The Morgan fingerprint density at radius 3 is 2.53 bits per heavy atom. The zero-order valence-corrected chi connectivity index (χ0v) is 10.3. The van der Waals surface area contributed by atoms with E-state index in [4.69, 9.17) is 0 Å². The molecule has 0 radical (unpaired) electrons. The maximum Gasteiger partial charge on any atom is 0.0204 e. The van der Waals surface area contributed by atoms with Crippen LogP contribution >= 0.6 is 0 Å². The molecule has 0 aromatic rings. The molecular weight excluding hydrogens is 184 g/mol. The topological polar surface area (TPSA) is 24.1 Å². The molecule has 1 saturated carbocycles. The first kappa shape index (κ1) is 11.4. The van der Waals surface area contributed by atoms with Crippen molar-refractivity contribution in [3.05, 3.63) is 0 Å². The van der Waals surface area contributed by atoms with Crippen molar-refractivity contribution in [3.8, 4) is 0 Å². The summed E-state index contributed by atoms with van der Waals surface area (Å²) in [4.78, 5) is 0. The van der Waals surface area contributed by atoms with E-state index in [1.807, 2.05) is 0 Å². The van der Waals surface area contributed by atoms with Gasteiger partial charge in [-0.25, -0.2) is 0 Å². The van der Waals surface area contributed by atoms with E-state index in [-0.39, 0.29) is 0 Å². The quantitative estimate of drug-likeness (QED) is 0.743. The Morgan fingerprint density at radius 2 is 1.93 bits per heavy atom. The summed E-state index contributed by atoms with van der Waals surface area (Å²) >= 11 is 0. The van der Waals surface area contributed by atoms with Gasteiger partial charge in [-0.3, -0.25) is 0 Å². The summed E-state index contributed by atoms with van der Waals surface area (Å²) < 4.78 is 0. The Balaban J connectivity index is 1.75. The highest BCUT2D eigenvalue weighted by Crippen LogP contribution is 2.39. The van der Waals surface area contributed by atoms with Gasteiger partial charge in [-0.1, -0.05) is 26.7 Å². The minimum atomic E-state index is 0.499. The molecule has 0 bridgehead atoms. The zero-order chi connectivity index (χ0) is 10.7. The second-order valence-corrected chi connectivity index (χ2v) is 6.04. The van der Waals surface area contributed by atoms with Crippen LogP contribution in [0.15, 0.2) is 0 Å². The molecule has 0 aromatic carbocycles. The summed E-state index contributed by atoms with van der Waals surface area (Å²) in [5, 5.41) is 7.15. The van der Waals surface area contributed by atoms with Crippen molar-refractivity contribution in [3.63, 3.8) is 0 Å². The molecule has 1 aliphatic carbocycles.